The summed E-state index contributed by atoms with van der Waals surface area (Å²) in [6, 6.07) is 14.4. The number of likely N-dealkylation sites (N-methyl/N-ethyl adjacent to an activating group) is 1. The van der Waals surface area contributed by atoms with E-state index in [0.717, 1.165) is 0 Å². The summed E-state index contributed by atoms with van der Waals surface area (Å²) in [5, 5.41) is 3.00. The Morgan fingerprint density at radius 3 is 2.76 bits per heavy atom. The highest BCUT2D eigenvalue weighted by Crippen LogP contribution is 2.33. The average Bonchev–Trinajstić information content (AvgIpc) is 2.96. The van der Waals surface area contributed by atoms with Crippen molar-refractivity contribution in [2.24, 2.45) is 0 Å². The van der Waals surface area contributed by atoms with Gasteiger partial charge in [-0.1, -0.05) is 18.2 Å². The molecule has 3 heterocycles. The molecule has 0 saturated heterocycles. The van der Waals surface area contributed by atoms with Gasteiger partial charge >= 0.3 is 0 Å². The number of para-hydroxylation sites is 1. The summed E-state index contributed by atoms with van der Waals surface area (Å²) in [6.45, 7) is -0.100. The van der Waals surface area contributed by atoms with E-state index in [0.29, 0.717) is 33.8 Å². The van der Waals surface area contributed by atoms with Gasteiger partial charge in [0.25, 0.3) is 17.4 Å². The number of aromatic amines is 1. The molecule has 1 atom stereocenters. The Balaban J connectivity index is 1.36. The van der Waals surface area contributed by atoms with E-state index in [9.17, 15) is 14.4 Å². The van der Waals surface area contributed by atoms with Crippen molar-refractivity contribution < 1.29 is 19.1 Å². The molecule has 0 bridgehead atoms. The Labute approximate surface area is 193 Å². The molecule has 2 aromatic heterocycles. The Morgan fingerprint density at radius 1 is 1.12 bits per heavy atom. The second-order valence-corrected chi connectivity index (χ2v) is 7.59. The maximum absolute atomic E-state index is 13.1. The monoisotopic (exact) mass is 457 g/mol. The lowest BCUT2D eigenvalue weighted by molar-refractivity contribution is -0.120. The van der Waals surface area contributed by atoms with E-state index in [2.05, 4.69) is 20.3 Å². The molecule has 1 aliphatic heterocycles. The van der Waals surface area contributed by atoms with Crippen LogP contribution in [0, 0.1) is 0 Å². The molecule has 2 aromatic carbocycles. The first-order valence-electron chi connectivity index (χ1n) is 10.4. The number of carbonyl (C=O) groups excluding carboxylic acids is 2. The normalized spacial score (nSPS) is 15.3. The second-order valence-electron chi connectivity index (χ2n) is 7.59. The van der Waals surface area contributed by atoms with Crippen molar-refractivity contribution in [2.45, 2.75) is 6.04 Å². The molecular weight excluding hydrogens is 438 g/mol. The molecule has 34 heavy (non-hydrogen) atoms. The third-order valence-corrected chi connectivity index (χ3v) is 5.36. The quantitative estimate of drug-likeness (QED) is 0.481. The van der Waals surface area contributed by atoms with Gasteiger partial charge in [-0.3, -0.25) is 19.4 Å². The molecule has 10 nitrogen and oxygen atoms in total. The topological polar surface area (TPSA) is 127 Å². The predicted molar refractivity (Wildman–Crippen MR) is 123 cm³/mol. The second kappa shape index (κ2) is 8.66. The fourth-order valence-electron chi connectivity index (χ4n) is 3.62. The van der Waals surface area contributed by atoms with Crippen molar-refractivity contribution >= 4 is 28.4 Å². The van der Waals surface area contributed by atoms with Crippen LogP contribution in [0.1, 0.15) is 10.5 Å². The number of benzene rings is 2. The van der Waals surface area contributed by atoms with Crippen LogP contribution in [0.2, 0.25) is 0 Å². The Bertz CT molecular complexity index is 1450. The van der Waals surface area contributed by atoms with E-state index in [4.69, 9.17) is 9.47 Å². The number of anilines is 1. The minimum absolute atomic E-state index is 0.0899. The summed E-state index contributed by atoms with van der Waals surface area (Å²) in [4.78, 5) is 50.2. The van der Waals surface area contributed by atoms with Gasteiger partial charge in [0, 0.05) is 25.4 Å². The third-order valence-electron chi connectivity index (χ3n) is 5.36. The standard InChI is InChI=1S/C24H19N5O5/c1-29-20-10-16-17(26-13-27-22(16)30)11-21(20)33-12-19(24(29)32)28-23(31)18-9-15(7-8-25-18)34-14-5-3-2-4-6-14/h2-11,13,19H,12H2,1H3,(H,28,31)(H,26,27,30). The summed E-state index contributed by atoms with van der Waals surface area (Å²) < 4.78 is 11.6. The van der Waals surface area contributed by atoms with Gasteiger partial charge in [0.05, 0.1) is 22.9 Å². The zero-order valence-corrected chi connectivity index (χ0v) is 18.0. The number of aromatic nitrogens is 3. The van der Waals surface area contributed by atoms with Crippen molar-refractivity contribution in [2.75, 3.05) is 18.6 Å². The van der Waals surface area contributed by atoms with Gasteiger partial charge < -0.3 is 24.7 Å². The molecule has 0 fully saturated rings. The number of H-pyrrole nitrogens is 1. The molecular formula is C24H19N5O5. The van der Waals surface area contributed by atoms with Crippen LogP contribution in [0.15, 0.2) is 71.9 Å². The fraction of sp³-hybridized carbons (Fsp3) is 0.125. The minimum Gasteiger partial charge on any atom is -0.489 e. The highest BCUT2D eigenvalue weighted by atomic mass is 16.5. The molecule has 0 saturated carbocycles. The van der Waals surface area contributed by atoms with E-state index in [1.807, 2.05) is 18.2 Å². The first-order valence-corrected chi connectivity index (χ1v) is 10.4. The molecule has 1 aliphatic rings. The number of amides is 2. The van der Waals surface area contributed by atoms with Gasteiger partial charge in [-0.2, -0.15) is 0 Å². The smallest absolute Gasteiger partial charge is 0.270 e. The van der Waals surface area contributed by atoms with E-state index in [1.54, 1.807) is 37.4 Å². The molecule has 170 valence electrons. The number of ether oxygens (including phenoxy) is 2. The lowest BCUT2D eigenvalue weighted by atomic mass is 10.2. The van der Waals surface area contributed by atoms with E-state index in [1.165, 1.54) is 23.5 Å². The summed E-state index contributed by atoms with van der Waals surface area (Å²) >= 11 is 0. The molecule has 2 amide bonds. The molecule has 1 unspecified atom stereocenters. The van der Waals surface area contributed by atoms with Crippen molar-refractivity contribution in [3.05, 3.63) is 83.2 Å². The van der Waals surface area contributed by atoms with Gasteiger partial charge in [-0.25, -0.2) is 4.98 Å². The van der Waals surface area contributed by atoms with Crippen molar-refractivity contribution in [1.82, 2.24) is 20.3 Å². The predicted octanol–water partition coefficient (Wildman–Crippen LogP) is 2.26. The number of nitrogens with zero attached hydrogens (tertiary/aromatic N) is 3. The summed E-state index contributed by atoms with van der Waals surface area (Å²) in [5.41, 5.74) is 0.605. The Morgan fingerprint density at radius 2 is 1.94 bits per heavy atom. The molecule has 2 N–H and O–H groups in total. The molecule has 0 aliphatic carbocycles. The van der Waals surface area contributed by atoms with Crippen molar-refractivity contribution in [3.8, 4) is 17.2 Å². The fourth-order valence-corrected chi connectivity index (χ4v) is 3.62. The van der Waals surface area contributed by atoms with Gasteiger partial charge in [0.2, 0.25) is 0 Å². The summed E-state index contributed by atoms with van der Waals surface area (Å²) in [5.74, 6) is 0.484. The lowest BCUT2D eigenvalue weighted by Crippen LogP contribution is -2.49. The third kappa shape index (κ3) is 4.04. The number of hydrogen-bond acceptors (Lipinski definition) is 7. The van der Waals surface area contributed by atoms with E-state index >= 15 is 0 Å². The molecule has 5 rings (SSSR count). The van der Waals surface area contributed by atoms with E-state index < -0.39 is 17.9 Å². The van der Waals surface area contributed by atoms with Crippen LogP contribution in [0.25, 0.3) is 10.9 Å². The molecule has 10 heteroatoms. The van der Waals surface area contributed by atoms with Gasteiger partial charge in [0.15, 0.2) is 0 Å². The van der Waals surface area contributed by atoms with Crippen LogP contribution in [-0.4, -0.2) is 46.5 Å². The first-order chi connectivity index (χ1) is 16.5. The number of nitrogens with one attached hydrogen (secondary N) is 2. The number of fused-ring (bicyclic) bond motifs is 2. The lowest BCUT2D eigenvalue weighted by Gasteiger charge is -2.20. The largest absolute Gasteiger partial charge is 0.489 e. The zero-order chi connectivity index (χ0) is 23.7. The highest BCUT2D eigenvalue weighted by Gasteiger charge is 2.31. The summed E-state index contributed by atoms with van der Waals surface area (Å²) in [6.07, 6.45) is 2.75. The van der Waals surface area contributed by atoms with Crippen LogP contribution in [0.4, 0.5) is 5.69 Å². The molecule has 0 spiro atoms. The van der Waals surface area contributed by atoms with Crippen LogP contribution in [0.3, 0.4) is 0 Å². The SMILES string of the molecule is CN1C(=O)C(NC(=O)c2cc(Oc3ccccc3)ccn2)COc2cc3nc[nH]c(=O)c3cc21. The van der Waals surface area contributed by atoms with Crippen molar-refractivity contribution in [1.29, 1.82) is 0 Å². The van der Waals surface area contributed by atoms with Crippen LogP contribution >= 0.6 is 0 Å². The van der Waals surface area contributed by atoms with Crippen LogP contribution < -0.4 is 25.2 Å². The average molecular weight is 457 g/mol. The van der Waals surface area contributed by atoms with Gasteiger partial charge in [-0.05, 0) is 24.3 Å². The highest BCUT2D eigenvalue weighted by molar-refractivity contribution is 6.04. The summed E-state index contributed by atoms with van der Waals surface area (Å²) in [7, 11) is 1.55. The number of rotatable bonds is 4. The van der Waals surface area contributed by atoms with E-state index in [-0.39, 0.29) is 17.9 Å². The van der Waals surface area contributed by atoms with Gasteiger partial charge in [0.1, 0.15) is 35.6 Å². The first kappa shape index (κ1) is 21.1. The van der Waals surface area contributed by atoms with Crippen molar-refractivity contribution in [3.63, 3.8) is 0 Å². The Hall–Kier alpha value is -4.73. The number of carbonyl (C=O) groups is 2. The maximum atomic E-state index is 13.1. The van der Waals surface area contributed by atoms with Crippen LogP contribution in [-0.2, 0) is 4.79 Å². The molecule has 4 aromatic rings. The van der Waals surface area contributed by atoms with Gasteiger partial charge in [-0.15, -0.1) is 0 Å². The van der Waals surface area contributed by atoms with Crippen LogP contribution in [0.5, 0.6) is 17.2 Å². The number of hydrogen-bond donors (Lipinski definition) is 2. The maximum Gasteiger partial charge on any atom is 0.270 e. The minimum atomic E-state index is -0.972. The number of pyridine rings is 1. The Kier molecular flexibility index (Phi) is 5.38. The molecule has 0 radical (unpaired) electrons. The zero-order valence-electron chi connectivity index (χ0n) is 18.0.